The van der Waals surface area contributed by atoms with Gasteiger partial charge in [-0.2, -0.15) is 17.0 Å². The Morgan fingerprint density at radius 2 is 1.46 bits per heavy atom. The summed E-state index contributed by atoms with van der Waals surface area (Å²) in [5, 5.41) is 16.0. The highest BCUT2D eigenvalue weighted by atomic mass is 32.2. The third-order valence-corrected chi connectivity index (χ3v) is 10.8. The van der Waals surface area contributed by atoms with E-state index in [4.69, 9.17) is 0 Å². The average molecular weight is 592 g/mol. The fourth-order valence-corrected chi connectivity index (χ4v) is 7.33. The van der Waals surface area contributed by atoms with Crippen LogP contribution in [0.1, 0.15) is 55.7 Å². The smallest absolute Gasteiger partial charge is 0.237 e. The van der Waals surface area contributed by atoms with Crippen LogP contribution in [0.2, 0.25) is 0 Å². The van der Waals surface area contributed by atoms with Gasteiger partial charge < -0.3 is 10.6 Å². The predicted octanol–water partition coefficient (Wildman–Crippen LogP) is 5.67. The topological polar surface area (TPSA) is 99.1 Å². The van der Waals surface area contributed by atoms with Crippen molar-refractivity contribution in [3.63, 3.8) is 0 Å². The molecule has 1 amide bonds. The lowest BCUT2D eigenvalue weighted by Crippen LogP contribution is -2.46. The molecule has 2 N–H and O–H groups in total. The molecule has 0 aliphatic rings. The number of carbonyl (C=O) groups excluding carboxylic acids is 1. The number of carbonyl (C=O) groups is 1. The molecular formula is C33H41N3O3S2. The number of hydrogen-bond acceptors (Lipinski definition) is 6. The van der Waals surface area contributed by atoms with Gasteiger partial charge >= 0.3 is 0 Å². The van der Waals surface area contributed by atoms with Crippen molar-refractivity contribution in [3.05, 3.63) is 108 Å². The van der Waals surface area contributed by atoms with E-state index in [1.165, 1.54) is 11.1 Å². The molecule has 0 aromatic heterocycles. The fourth-order valence-electron chi connectivity index (χ4n) is 5.04. The van der Waals surface area contributed by atoms with Crippen LogP contribution in [0.3, 0.4) is 0 Å². The van der Waals surface area contributed by atoms with Gasteiger partial charge in [-0.1, -0.05) is 91.0 Å². The second-order valence-electron chi connectivity index (χ2n) is 10.4. The summed E-state index contributed by atoms with van der Waals surface area (Å²) in [5.41, 5.74) is 2.82. The second-order valence-corrected chi connectivity index (χ2v) is 14.1. The molecule has 0 saturated heterocycles. The SMILES string of the molecule is CSCCC(NCC(c1ccccc1)c1ccccc1)C(=O)NCCC[C@@](C#N)(c1ccccc1)S(=O)(=O)C(C)C. The first kappa shape index (κ1) is 32.4. The summed E-state index contributed by atoms with van der Waals surface area (Å²) in [6.07, 6.45) is 3.14. The normalized spacial score (nSPS) is 13.9. The van der Waals surface area contributed by atoms with Gasteiger partial charge in [0.15, 0.2) is 14.6 Å². The summed E-state index contributed by atoms with van der Waals surface area (Å²) < 4.78 is 25.1. The molecule has 8 heteroatoms. The highest BCUT2D eigenvalue weighted by molar-refractivity contribution is 7.98. The van der Waals surface area contributed by atoms with Gasteiger partial charge in [-0.15, -0.1) is 0 Å². The summed E-state index contributed by atoms with van der Waals surface area (Å²) in [6.45, 7) is 4.08. The first-order chi connectivity index (χ1) is 19.8. The molecule has 0 radical (unpaired) electrons. The van der Waals surface area contributed by atoms with Crippen LogP contribution >= 0.6 is 11.8 Å². The van der Waals surface area contributed by atoms with Crippen molar-refractivity contribution >= 4 is 27.5 Å². The van der Waals surface area contributed by atoms with E-state index >= 15 is 0 Å². The van der Waals surface area contributed by atoms with Crippen molar-refractivity contribution in [1.82, 2.24) is 10.6 Å². The van der Waals surface area contributed by atoms with Crippen LogP contribution in [0.4, 0.5) is 0 Å². The van der Waals surface area contributed by atoms with E-state index in [-0.39, 0.29) is 24.8 Å². The fraction of sp³-hybridized carbons (Fsp3) is 0.394. The Bertz CT molecular complexity index is 1320. The number of rotatable bonds is 16. The van der Waals surface area contributed by atoms with E-state index in [2.05, 4.69) is 41.0 Å². The number of hydrogen-bond donors (Lipinski definition) is 2. The number of nitriles is 1. The van der Waals surface area contributed by atoms with Crippen molar-refractivity contribution in [2.75, 3.05) is 25.1 Å². The molecule has 2 atom stereocenters. The van der Waals surface area contributed by atoms with E-state index in [1.54, 1.807) is 55.9 Å². The van der Waals surface area contributed by atoms with Crippen LogP contribution in [0, 0.1) is 11.3 Å². The van der Waals surface area contributed by atoms with Crippen LogP contribution in [0.5, 0.6) is 0 Å². The largest absolute Gasteiger partial charge is 0.355 e. The predicted molar refractivity (Wildman–Crippen MR) is 170 cm³/mol. The molecule has 6 nitrogen and oxygen atoms in total. The maximum absolute atomic E-state index is 13.4. The minimum Gasteiger partial charge on any atom is -0.355 e. The maximum Gasteiger partial charge on any atom is 0.237 e. The molecule has 0 saturated carbocycles. The van der Waals surface area contributed by atoms with Crippen molar-refractivity contribution in [1.29, 1.82) is 5.26 Å². The first-order valence-corrected chi connectivity index (χ1v) is 17.0. The van der Waals surface area contributed by atoms with Crippen LogP contribution in [0.15, 0.2) is 91.0 Å². The highest BCUT2D eigenvalue weighted by Crippen LogP contribution is 2.37. The van der Waals surface area contributed by atoms with E-state index in [1.807, 2.05) is 42.7 Å². The Kier molecular flexibility index (Phi) is 12.5. The summed E-state index contributed by atoms with van der Waals surface area (Å²) in [4.78, 5) is 13.3. The zero-order chi connectivity index (χ0) is 29.7. The highest BCUT2D eigenvalue weighted by Gasteiger charge is 2.47. The van der Waals surface area contributed by atoms with E-state index < -0.39 is 25.9 Å². The lowest BCUT2D eigenvalue weighted by molar-refractivity contribution is -0.123. The number of thioether (sulfide) groups is 1. The van der Waals surface area contributed by atoms with Gasteiger partial charge in [0.2, 0.25) is 5.91 Å². The molecular weight excluding hydrogens is 551 g/mol. The molecule has 218 valence electrons. The van der Waals surface area contributed by atoms with Crippen LogP contribution in [0.25, 0.3) is 0 Å². The zero-order valence-electron chi connectivity index (χ0n) is 24.1. The van der Waals surface area contributed by atoms with E-state index in [0.717, 1.165) is 5.75 Å². The minimum absolute atomic E-state index is 0.0883. The first-order valence-electron chi connectivity index (χ1n) is 14.1. The molecule has 0 aliphatic heterocycles. The van der Waals surface area contributed by atoms with Crippen molar-refractivity contribution < 1.29 is 13.2 Å². The number of nitrogens with zero attached hydrogens (tertiary/aromatic N) is 1. The van der Waals surface area contributed by atoms with Crippen LogP contribution in [-0.4, -0.2) is 50.7 Å². The summed E-state index contributed by atoms with van der Waals surface area (Å²) in [6, 6.07) is 31.0. The Morgan fingerprint density at radius 1 is 0.927 bits per heavy atom. The Labute approximate surface area is 249 Å². The van der Waals surface area contributed by atoms with Gasteiger partial charge in [-0.25, -0.2) is 8.42 Å². The van der Waals surface area contributed by atoms with Crippen molar-refractivity contribution in [2.45, 2.75) is 55.1 Å². The average Bonchev–Trinajstić information content (AvgIpc) is 3.00. The second kappa shape index (κ2) is 15.8. The van der Waals surface area contributed by atoms with Crippen LogP contribution < -0.4 is 10.6 Å². The lowest BCUT2D eigenvalue weighted by Gasteiger charge is -2.29. The number of sulfone groups is 1. The number of benzene rings is 3. The van der Waals surface area contributed by atoms with Gasteiger partial charge in [0.1, 0.15) is 0 Å². The number of nitrogens with one attached hydrogen (secondary N) is 2. The molecule has 1 unspecified atom stereocenters. The van der Waals surface area contributed by atoms with Gasteiger partial charge in [-0.3, -0.25) is 4.79 Å². The minimum atomic E-state index is -3.79. The van der Waals surface area contributed by atoms with Crippen LogP contribution in [-0.2, 0) is 19.4 Å². The summed E-state index contributed by atoms with van der Waals surface area (Å²) >= 11 is 1.69. The monoisotopic (exact) mass is 591 g/mol. The quantitative estimate of drug-likeness (QED) is 0.208. The molecule has 3 rings (SSSR count). The van der Waals surface area contributed by atoms with Gasteiger partial charge in [-0.05, 0) is 61.8 Å². The Hall–Kier alpha value is -3.12. The molecule has 0 fully saturated rings. The number of amides is 1. The Morgan fingerprint density at radius 3 is 1.95 bits per heavy atom. The standard InChI is InChI=1S/C33H41N3O3S2/c1-26(2)41(38,39)33(25-34,29-18-11-6-12-19-29)21-13-22-35-32(37)31(20-23-40-3)36-24-30(27-14-7-4-8-15-27)28-16-9-5-10-17-28/h4-12,14-19,26,30-31,36H,13,20-24H2,1-3H3,(H,35,37)/t31?,33-/m1/s1. The molecule has 0 heterocycles. The van der Waals surface area contributed by atoms with Crippen molar-refractivity contribution in [2.24, 2.45) is 0 Å². The van der Waals surface area contributed by atoms with Crippen molar-refractivity contribution in [3.8, 4) is 6.07 Å². The molecule has 0 aliphatic carbocycles. The van der Waals surface area contributed by atoms with Gasteiger partial charge in [0.25, 0.3) is 0 Å². The summed E-state index contributed by atoms with van der Waals surface area (Å²) in [5.74, 6) is 0.795. The van der Waals surface area contributed by atoms with E-state index in [0.29, 0.717) is 24.9 Å². The molecule has 0 spiro atoms. The molecule has 3 aromatic carbocycles. The van der Waals surface area contributed by atoms with Gasteiger partial charge in [0.05, 0.1) is 17.4 Å². The zero-order valence-corrected chi connectivity index (χ0v) is 25.8. The van der Waals surface area contributed by atoms with Gasteiger partial charge in [0, 0.05) is 19.0 Å². The third kappa shape index (κ3) is 8.22. The molecule has 3 aromatic rings. The molecule has 41 heavy (non-hydrogen) atoms. The lowest BCUT2D eigenvalue weighted by atomic mass is 9.91. The van der Waals surface area contributed by atoms with E-state index in [9.17, 15) is 18.5 Å². The Balaban J connectivity index is 1.70. The third-order valence-electron chi connectivity index (χ3n) is 7.43. The maximum atomic E-state index is 13.4. The molecule has 0 bridgehead atoms. The summed E-state index contributed by atoms with van der Waals surface area (Å²) in [7, 11) is -3.79.